The third-order valence-corrected chi connectivity index (χ3v) is 4.04. The first kappa shape index (κ1) is 15.5. The zero-order valence-electron chi connectivity index (χ0n) is 12.5. The molecule has 1 saturated carbocycles. The van der Waals surface area contributed by atoms with Crippen LogP contribution >= 0.6 is 0 Å². The van der Waals surface area contributed by atoms with Crippen LogP contribution in [0.25, 0.3) is 0 Å². The predicted molar refractivity (Wildman–Crippen MR) is 76.2 cm³/mol. The van der Waals surface area contributed by atoms with Crippen molar-refractivity contribution in [3.8, 4) is 0 Å². The Morgan fingerprint density at radius 2 is 2.06 bits per heavy atom. The van der Waals surface area contributed by atoms with Crippen molar-refractivity contribution in [2.75, 3.05) is 0 Å². The van der Waals surface area contributed by atoms with E-state index in [2.05, 4.69) is 33.0 Å². The number of amides is 1. The lowest BCUT2D eigenvalue weighted by molar-refractivity contribution is -0.128. The minimum Gasteiger partial charge on any atom is -0.352 e. The first-order valence-corrected chi connectivity index (χ1v) is 7.43. The van der Waals surface area contributed by atoms with E-state index in [-0.39, 0.29) is 11.9 Å². The molecule has 1 rings (SSSR count). The summed E-state index contributed by atoms with van der Waals surface area (Å²) in [5, 5.41) is 3.10. The largest absolute Gasteiger partial charge is 0.352 e. The number of hydrogen-bond donors (Lipinski definition) is 2. The molecule has 1 aliphatic rings. The molecule has 0 aromatic heterocycles. The summed E-state index contributed by atoms with van der Waals surface area (Å²) in [6, 6.07) is 0.234. The van der Waals surface area contributed by atoms with Crippen molar-refractivity contribution in [3.05, 3.63) is 0 Å². The second-order valence-electron chi connectivity index (χ2n) is 6.70. The summed E-state index contributed by atoms with van der Waals surface area (Å²) in [5.41, 5.74) is 5.66. The molecule has 1 amide bonds. The molecule has 3 N–H and O–H groups in total. The lowest BCUT2D eigenvalue weighted by Gasteiger charge is -2.36. The average Bonchev–Trinajstić information content (AvgIpc) is 2.26. The van der Waals surface area contributed by atoms with Crippen LogP contribution in [0.15, 0.2) is 0 Å². The van der Waals surface area contributed by atoms with Gasteiger partial charge in [0.2, 0.25) is 5.91 Å². The molecule has 0 aliphatic heterocycles. The van der Waals surface area contributed by atoms with Crippen LogP contribution in [-0.2, 0) is 4.79 Å². The normalized spacial score (nSPS) is 30.2. The summed E-state index contributed by atoms with van der Waals surface area (Å²) >= 11 is 0. The molecule has 18 heavy (non-hydrogen) atoms. The van der Waals surface area contributed by atoms with Crippen molar-refractivity contribution in [2.24, 2.45) is 17.6 Å². The van der Waals surface area contributed by atoms with E-state index in [1.165, 1.54) is 6.42 Å². The van der Waals surface area contributed by atoms with Crippen LogP contribution in [0, 0.1) is 11.8 Å². The minimum absolute atomic E-state index is 0.0605. The standard InChI is InChI=1S/C15H30N2O/c1-11(2)7-8-13(4)17-14(18)15(16)9-5-6-12(3)10-15/h11-13H,5-10,16H2,1-4H3,(H,17,18). The third-order valence-electron chi connectivity index (χ3n) is 4.04. The van der Waals surface area contributed by atoms with Crippen LogP contribution in [-0.4, -0.2) is 17.5 Å². The molecule has 1 aliphatic carbocycles. The topological polar surface area (TPSA) is 55.1 Å². The fraction of sp³-hybridized carbons (Fsp3) is 0.933. The third kappa shape index (κ3) is 4.60. The maximum Gasteiger partial charge on any atom is 0.240 e. The lowest BCUT2D eigenvalue weighted by atomic mass is 9.76. The second kappa shape index (κ2) is 6.55. The van der Waals surface area contributed by atoms with Gasteiger partial charge < -0.3 is 11.1 Å². The van der Waals surface area contributed by atoms with Gasteiger partial charge in [0.25, 0.3) is 0 Å². The molecule has 0 aromatic carbocycles. The smallest absolute Gasteiger partial charge is 0.240 e. The second-order valence-corrected chi connectivity index (χ2v) is 6.70. The maximum atomic E-state index is 12.3. The Kier molecular flexibility index (Phi) is 5.64. The Bertz CT molecular complexity index is 278. The van der Waals surface area contributed by atoms with E-state index in [4.69, 9.17) is 5.73 Å². The van der Waals surface area contributed by atoms with E-state index in [0.717, 1.165) is 32.1 Å². The number of rotatable bonds is 5. The van der Waals surface area contributed by atoms with Crippen molar-refractivity contribution < 1.29 is 4.79 Å². The van der Waals surface area contributed by atoms with E-state index < -0.39 is 5.54 Å². The fourth-order valence-corrected chi connectivity index (χ4v) is 2.82. The number of carbonyl (C=O) groups excluding carboxylic acids is 1. The maximum absolute atomic E-state index is 12.3. The summed E-state index contributed by atoms with van der Waals surface area (Å²) in [4.78, 5) is 12.3. The van der Waals surface area contributed by atoms with Crippen LogP contribution in [0.1, 0.15) is 66.2 Å². The molecule has 0 radical (unpaired) electrons. The van der Waals surface area contributed by atoms with Crippen LogP contribution in [0.4, 0.5) is 0 Å². The van der Waals surface area contributed by atoms with Crippen molar-refractivity contribution in [1.82, 2.24) is 5.32 Å². The Hall–Kier alpha value is -0.570. The number of nitrogens with two attached hydrogens (primary N) is 1. The lowest BCUT2D eigenvalue weighted by Crippen LogP contribution is -2.57. The Morgan fingerprint density at radius 1 is 1.39 bits per heavy atom. The van der Waals surface area contributed by atoms with Crippen LogP contribution in [0.2, 0.25) is 0 Å². The van der Waals surface area contributed by atoms with Crippen molar-refractivity contribution in [3.63, 3.8) is 0 Å². The molecule has 3 atom stereocenters. The Balaban J connectivity index is 2.43. The van der Waals surface area contributed by atoms with Gasteiger partial charge >= 0.3 is 0 Å². The highest BCUT2D eigenvalue weighted by atomic mass is 16.2. The van der Waals surface area contributed by atoms with Crippen molar-refractivity contribution in [2.45, 2.75) is 77.8 Å². The molecule has 0 spiro atoms. The molecule has 3 unspecified atom stereocenters. The van der Waals surface area contributed by atoms with Crippen LogP contribution in [0.3, 0.4) is 0 Å². The minimum atomic E-state index is -0.621. The van der Waals surface area contributed by atoms with Gasteiger partial charge in [-0.15, -0.1) is 0 Å². The van der Waals surface area contributed by atoms with E-state index in [1.54, 1.807) is 0 Å². The SMILES string of the molecule is CC(C)CCC(C)NC(=O)C1(N)CCCC(C)C1. The summed E-state index contributed by atoms with van der Waals surface area (Å²) in [6.45, 7) is 8.69. The van der Waals surface area contributed by atoms with Crippen molar-refractivity contribution in [1.29, 1.82) is 0 Å². The predicted octanol–water partition coefficient (Wildman–Crippen LogP) is 2.83. The van der Waals surface area contributed by atoms with E-state index in [9.17, 15) is 4.79 Å². The molecule has 3 heteroatoms. The summed E-state index contributed by atoms with van der Waals surface area (Å²) in [7, 11) is 0. The highest BCUT2D eigenvalue weighted by Crippen LogP contribution is 2.30. The molecule has 0 saturated heterocycles. The van der Waals surface area contributed by atoms with Gasteiger partial charge in [0.05, 0.1) is 5.54 Å². The summed E-state index contributed by atoms with van der Waals surface area (Å²) < 4.78 is 0. The summed E-state index contributed by atoms with van der Waals surface area (Å²) in [5.74, 6) is 1.32. The van der Waals surface area contributed by atoms with Gasteiger partial charge in [-0.1, -0.05) is 33.6 Å². The first-order valence-electron chi connectivity index (χ1n) is 7.43. The molecule has 0 heterocycles. The van der Waals surface area contributed by atoms with Gasteiger partial charge in [0.15, 0.2) is 0 Å². The molecular weight excluding hydrogens is 224 g/mol. The molecule has 106 valence electrons. The quantitative estimate of drug-likeness (QED) is 0.792. The van der Waals surface area contributed by atoms with Crippen LogP contribution in [0.5, 0.6) is 0 Å². The van der Waals surface area contributed by atoms with Crippen LogP contribution < -0.4 is 11.1 Å². The molecular formula is C15H30N2O. The van der Waals surface area contributed by atoms with Gasteiger partial charge in [-0.3, -0.25) is 4.79 Å². The van der Waals surface area contributed by atoms with Crippen molar-refractivity contribution >= 4 is 5.91 Å². The Morgan fingerprint density at radius 3 is 2.61 bits per heavy atom. The van der Waals surface area contributed by atoms with Gasteiger partial charge in [-0.25, -0.2) is 0 Å². The van der Waals surface area contributed by atoms with E-state index >= 15 is 0 Å². The van der Waals surface area contributed by atoms with Gasteiger partial charge in [0, 0.05) is 6.04 Å². The highest BCUT2D eigenvalue weighted by molar-refractivity contribution is 5.86. The molecule has 0 bridgehead atoms. The highest BCUT2D eigenvalue weighted by Gasteiger charge is 2.38. The average molecular weight is 254 g/mol. The first-order chi connectivity index (χ1) is 8.33. The van der Waals surface area contributed by atoms with Gasteiger partial charge in [-0.2, -0.15) is 0 Å². The molecule has 1 fully saturated rings. The van der Waals surface area contributed by atoms with Gasteiger partial charge in [0.1, 0.15) is 0 Å². The zero-order chi connectivity index (χ0) is 13.8. The Labute approximate surface area is 112 Å². The molecule has 0 aromatic rings. The zero-order valence-corrected chi connectivity index (χ0v) is 12.5. The monoisotopic (exact) mass is 254 g/mol. The number of hydrogen-bond acceptors (Lipinski definition) is 2. The fourth-order valence-electron chi connectivity index (χ4n) is 2.82. The number of nitrogens with one attached hydrogen (secondary N) is 1. The summed E-state index contributed by atoms with van der Waals surface area (Å²) in [6.07, 6.45) is 6.13. The van der Waals surface area contributed by atoms with E-state index in [1.807, 2.05) is 0 Å². The molecule has 3 nitrogen and oxygen atoms in total. The number of carbonyl (C=O) groups is 1. The van der Waals surface area contributed by atoms with Gasteiger partial charge in [-0.05, 0) is 44.4 Å². The van der Waals surface area contributed by atoms with E-state index in [0.29, 0.717) is 11.8 Å².